The second-order valence-electron chi connectivity index (χ2n) is 13.3. The van der Waals surface area contributed by atoms with Crippen LogP contribution in [0.15, 0.2) is 24.3 Å². The number of hydrogen-bond acceptors (Lipinski definition) is 9. The summed E-state index contributed by atoms with van der Waals surface area (Å²) >= 11 is 0. The molecular weight excluding hydrogens is 532 g/mol. The Bertz CT molecular complexity index is 932. The maximum Gasteiger partial charge on any atom is 0.220 e. The standard InChI is InChI=1S/C30H52O9Si/c1-20(17-35-18-21-11-13-22(33-7)14-12-21)15-23(31)26(32)24-16-25-27(39-29(5,6)37-25)30(34-8,38-24)19-36-40(9,10)28(2,3)4/h11-14,20,23-27,31-32H,15-19H2,1-10H3/t20-,23-,24-,25-,26-,27-,30-/m1/s1. The molecule has 230 valence electrons. The van der Waals surface area contributed by atoms with Crippen LogP contribution < -0.4 is 4.74 Å². The van der Waals surface area contributed by atoms with Crippen LogP contribution in [0.2, 0.25) is 18.1 Å². The van der Waals surface area contributed by atoms with E-state index in [2.05, 4.69) is 33.9 Å². The normalized spacial score (nSPS) is 29.1. The van der Waals surface area contributed by atoms with E-state index < -0.39 is 44.3 Å². The Kier molecular flexibility index (Phi) is 10.9. The van der Waals surface area contributed by atoms with Gasteiger partial charge in [0.1, 0.15) is 18.0 Å². The van der Waals surface area contributed by atoms with E-state index >= 15 is 0 Å². The smallest absolute Gasteiger partial charge is 0.220 e. The van der Waals surface area contributed by atoms with Crippen molar-refractivity contribution >= 4 is 8.32 Å². The molecule has 10 heteroatoms. The number of aliphatic hydroxyl groups excluding tert-OH is 2. The van der Waals surface area contributed by atoms with Gasteiger partial charge in [0.15, 0.2) is 14.1 Å². The minimum Gasteiger partial charge on any atom is -0.497 e. The summed E-state index contributed by atoms with van der Waals surface area (Å²) in [6.07, 6.45) is -3.12. The van der Waals surface area contributed by atoms with Gasteiger partial charge in [0.05, 0.1) is 38.6 Å². The average Bonchev–Trinajstić information content (AvgIpc) is 3.20. The highest BCUT2D eigenvalue weighted by Gasteiger charge is 2.60. The van der Waals surface area contributed by atoms with Crippen molar-refractivity contribution in [2.45, 2.75) is 121 Å². The van der Waals surface area contributed by atoms with Gasteiger partial charge in [-0.05, 0) is 62.0 Å². The Morgan fingerprint density at radius 3 is 2.27 bits per heavy atom. The summed E-state index contributed by atoms with van der Waals surface area (Å²) in [6, 6.07) is 7.72. The van der Waals surface area contributed by atoms with Gasteiger partial charge in [0.2, 0.25) is 5.79 Å². The first kappa shape index (κ1) is 33.4. The van der Waals surface area contributed by atoms with Gasteiger partial charge >= 0.3 is 0 Å². The third-order valence-electron chi connectivity index (χ3n) is 8.47. The highest BCUT2D eigenvalue weighted by Crippen LogP contribution is 2.45. The van der Waals surface area contributed by atoms with Crippen LogP contribution >= 0.6 is 0 Å². The molecule has 0 unspecified atom stereocenters. The maximum absolute atomic E-state index is 11.3. The van der Waals surface area contributed by atoms with Crippen LogP contribution in [0.4, 0.5) is 0 Å². The predicted octanol–water partition coefficient (Wildman–Crippen LogP) is 4.63. The lowest BCUT2D eigenvalue weighted by Crippen LogP contribution is -2.64. The minimum atomic E-state index is -2.16. The third kappa shape index (κ3) is 8.05. The second kappa shape index (κ2) is 13.1. The van der Waals surface area contributed by atoms with E-state index in [1.54, 1.807) is 14.2 Å². The molecule has 7 atom stereocenters. The van der Waals surface area contributed by atoms with Crippen molar-refractivity contribution in [2.24, 2.45) is 5.92 Å². The first-order valence-electron chi connectivity index (χ1n) is 14.3. The number of benzene rings is 1. The molecule has 2 heterocycles. The summed E-state index contributed by atoms with van der Waals surface area (Å²) in [7, 11) is 1.04. The highest BCUT2D eigenvalue weighted by atomic mass is 28.4. The molecule has 0 radical (unpaired) electrons. The van der Waals surface area contributed by atoms with Gasteiger partial charge in [-0.3, -0.25) is 0 Å². The lowest BCUT2D eigenvalue weighted by atomic mass is 9.89. The van der Waals surface area contributed by atoms with Gasteiger partial charge in [-0.2, -0.15) is 0 Å². The number of ether oxygens (including phenoxy) is 6. The zero-order valence-corrected chi connectivity index (χ0v) is 27.1. The van der Waals surface area contributed by atoms with E-state index in [0.29, 0.717) is 26.1 Å². The molecule has 2 fully saturated rings. The van der Waals surface area contributed by atoms with Crippen LogP contribution in [-0.4, -0.2) is 88.1 Å². The number of fused-ring (bicyclic) bond motifs is 1. The fourth-order valence-electron chi connectivity index (χ4n) is 4.99. The number of methoxy groups -OCH3 is 2. The van der Waals surface area contributed by atoms with Gasteiger partial charge in [0.25, 0.3) is 0 Å². The first-order chi connectivity index (χ1) is 18.5. The SMILES string of the molecule is COc1ccc(COC[C@H](C)C[C@@H](O)[C@@H](O)[C@H]2C[C@H]3OC(C)(C)O[C@H]3[C@](CO[Si](C)(C)C(C)(C)C)(OC)O2)cc1. The van der Waals surface area contributed by atoms with Gasteiger partial charge in [-0.15, -0.1) is 0 Å². The Morgan fingerprint density at radius 1 is 1.05 bits per heavy atom. The summed E-state index contributed by atoms with van der Waals surface area (Å²) in [5, 5.41) is 22.3. The molecule has 2 N–H and O–H groups in total. The molecule has 0 bridgehead atoms. The van der Waals surface area contributed by atoms with Crippen LogP contribution in [0.3, 0.4) is 0 Å². The van der Waals surface area contributed by atoms with Crippen LogP contribution in [-0.2, 0) is 34.7 Å². The molecule has 9 nitrogen and oxygen atoms in total. The zero-order chi connectivity index (χ0) is 29.9. The molecule has 0 aliphatic carbocycles. The third-order valence-corrected chi connectivity index (χ3v) is 12.9. The molecule has 2 saturated heterocycles. The van der Waals surface area contributed by atoms with E-state index in [0.717, 1.165) is 11.3 Å². The first-order valence-corrected chi connectivity index (χ1v) is 17.2. The number of hydrogen-bond donors (Lipinski definition) is 2. The quantitative estimate of drug-likeness (QED) is 0.321. The fraction of sp³-hybridized carbons (Fsp3) is 0.800. The van der Waals surface area contributed by atoms with E-state index in [1.807, 2.05) is 45.0 Å². The zero-order valence-electron chi connectivity index (χ0n) is 26.1. The van der Waals surface area contributed by atoms with Crippen LogP contribution in [0.25, 0.3) is 0 Å². The van der Waals surface area contributed by atoms with Crippen molar-refractivity contribution in [2.75, 3.05) is 27.4 Å². The molecule has 1 aromatic rings. The van der Waals surface area contributed by atoms with Gasteiger partial charge < -0.3 is 43.1 Å². The van der Waals surface area contributed by atoms with E-state index in [-0.39, 0.29) is 23.7 Å². The Labute approximate surface area is 241 Å². The molecule has 0 spiro atoms. The molecule has 0 saturated carbocycles. The van der Waals surface area contributed by atoms with Crippen molar-refractivity contribution in [3.05, 3.63) is 29.8 Å². The topological polar surface area (TPSA) is 105 Å². The fourth-order valence-corrected chi connectivity index (χ4v) is 5.99. The largest absolute Gasteiger partial charge is 0.497 e. The second-order valence-corrected chi connectivity index (χ2v) is 18.1. The van der Waals surface area contributed by atoms with E-state index in [9.17, 15) is 10.2 Å². The maximum atomic E-state index is 11.3. The predicted molar refractivity (Wildman–Crippen MR) is 155 cm³/mol. The summed E-state index contributed by atoms with van der Waals surface area (Å²) in [4.78, 5) is 0. The number of rotatable bonds is 13. The lowest BCUT2D eigenvalue weighted by molar-refractivity contribution is -0.341. The Hall–Kier alpha value is -1.08. The molecule has 2 aliphatic heterocycles. The van der Waals surface area contributed by atoms with Crippen LogP contribution in [0, 0.1) is 5.92 Å². The lowest BCUT2D eigenvalue weighted by Gasteiger charge is -2.48. The van der Waals surface area contributed by atoms with Crippen molar-refractivity contribution in [3.8, 4) is 5.75 Å². The minimum absolute atomic E-state index is 0.0109. The monoisotopic (exact) mass is 584 g/mol. The summed E-state index contributed by atoms with van der Waals surface area (Å²) in [6.45, 7) is 17.6. The van der Waals surface area contributed by atoms with Gasteiger partial charge in [-0.1, -0.05) is 39.8 Å². The average molecular weight is 585 g/mol. The summed E-state index contributed by atoms with van der Waals surface area (Å²) in [5.74, 6) is -1.32. The summed E-state index contributed by atoms with van der Waals surface area (Å²) in [5.41, 5.74) is 1.04. The molecule has 0 aromatic heterocycles. The number of aliphatic hydroxyl groups is 2. The van der Waals surface area contributed by atoms with Crippen molar-refractivity contribution < 1.29 is 43.1 Å². The Balaban J connectivity index is 1.64. The van der Waals surface area contributed by atoms with E-state index in [1.165, 1.54) is 0 Å². The van der Waals surface area contributed by atoms with Crippen LogP contribution in [0.1, 0.15) is 59.9 Å². The summed E-state index contributed by atoms with van der Waals surface area (Å²) < 4.78 is 42.5. The van der Waals surface area contributed by atoms with Crippen molar-refractivity contribution in [1.29, 1.82) is 0 Å². The van der Waals surface area contributed by atoms with Crippen molar-refractivity contribution in [3.63, 3.8) is 0 Å². The molecule has 40 heavy (non-hydrogen) atoms. The van der Waals surface area contributed by atoms with Gasteiger partial charge in [-0.25, -0.2) is 0 Å². The highest BCUT2D eigenvalue weighted by molar-refractivity contribution is 6.74. The van der Waals surface area contributed by atoms with Crippen LogP contribution in [0.5, 0.6) is 5.75 Å². The molecule has 3 rings (SSSR count). The molecule has 2 aliphatic rings. The molecule has 0 amide bonds. The van der Waals surface area contributed by atoms with Crippen molar-refractivity contribution in [1.82, 2.24) is 0 Å². The van der Waals surface area contributed by atoms with E-state index in [4.69, 9.17) is 32.8 Å². The molecular formula is C30H52O9Si. The Morgan fingerprint density at radius 2 is 1.70 bits per heavy atom. The van der Waals surface area contributed by atoms with Gasteiger partial charge in [0, 0.05) is 20.1 Å². The molecule has 1 aromatic carbocycles.